The first-order chi connectivity index (χ1) is 9.58. The molecule has 0 bridgehead atoms. The molecule has 1 rings (SSSR count). The molecule has 0 aromatic carbocycles. The van der Waals surface area contributed by atoms with Crippen LogP contribution in [0.5, 0.6) is 0 Å². The number of hydrogen-bond acceptors (Lipinski definition) is 6. The Morgan fingerprint density at radius 1 is 1.15 bits per heavy atom. The highest BCUT2D eigenvalue weighted by Gasteiger charge is 2.08. The number of hydrogen-bond donors (Lipinski definition) is 2. The van der Waals surface area contributed by atoms with Crippen LogP contribution in [-0.2, 0) is 0 Å². The molecule has 1 heterocycles. The summed E-state index contributed by atoms with van der Waals surface area (Å²) in [4.78, 5) is 14.7. The van der Waals surface area contributed by atoms with Crippen LogP contribution >= 0.6 is 11.6 Å². The zero-order chi connectivity index (χ0) is 15.0. The zero-order valence-electron chi connectivity index (χ0n) is 12.8. The fraction of sp³-hybridized carbons (Fsp3) is 0.769. The number of aromatic nitrogens is 3. The van der Waals surface area contributed by atoms with E-state index in [0.717, 1.165) is 32.5 Å². The van der Waals surface area contributed by atoms with Crippen LogP contribution in [0.15, 0.2) is 0 Å². The lowest BCUT2D eigenvalue weighted by Crippen LogP contribution is -2.26. The van der Waals surface area contributed by atoms with Gasteiger partial charge in [-0.1, -0.05) is 13.8 Å². The molecule has 0 aliphatic heterocycles. The molecule has 7 heteroatoms. The van der Waals surface area contributed by atoms with Crippen molar-refractivity contribution < 1.29 is 0 Å². The van der Waals surface area contributed by atoms with Gasteiger partial charge in [-0.2, -0.15) is 15.0 Å². The van der Waals surface area contributed by atoms with Crippen LogP contribution in [-0.4, -0.2) is 52.6 Å². The first-order valence-corrected chi connectivity index (χ1v) is 7.55. The van der Waals surface area contributed by atoms with Crippen LogP contribution in [0.1, 0.15) is 33.6 Å². The fourth-order valence-electron chi connectivity index (χ4n) is 1.98. The summed E-state index contributed by atoms with van der Waals surface area (Å²) in [6, 6.07) is 0.300. The molecule has 1 aromatic heterocycles. The lowest BCUT2D eigenvalue weighted by molar-refractivity contribution is 0.295. The van der Waals surface area contributed by atoms with Crippen molar-refractivity contribution >= 4 is 23.5 Å². The van der Waals surface area contributed by atoms with Gasteiger partial charge in [-0.15, -0.1) is 0 Å². The molecule has 0 aliphatic carbocycles. The molecule has 6 nitrogen and oxygen atoms in total. The minimum Gasteiger partial charge on any atom is -0.357 e. The Balaban J connectivity index is 2.42. The topological polar surface area (TPSA) is 66.0 Å². The smallest absolute Gasteiger partial charge is 0.229 e. The van der Waals surface area contributed by atoms with Crippen LogP contribution < -0.4 is 10.6 Å². The minimum atomic E-state index is 0.196. The largest absolute Gasteiger partial charge is 0.357 e. The fourth-order valence-corrected chi connectivity index (χ4v) is 2.14. The molecule has 0 amide bonds. The maximum Gasteiger partial charge on any atom is 0.229 e. The third kappa shape index (κ3) is 5.88. The number of halogens is 1. The van der Waals surface area contributed by atoms with Crippen LogP contribution in [0.3, 0.4) is 0 Å². The summed E-state index contributed by atoms with van der Waals surface area (Å²) < 4.78 is 0. The van der Waals surface area contributed by atoms with Crippen LogP contribution in [0.4, 0.5) is 11.9 Å². The summed E-state index contributed by atoms with van der Waals surface area (Å²) >= 11 is 5.85. The summed E-state index contributed by atoms with van der Waals surface area (Å²) in [5.41, 5.74) is 0. The number of anilines is 2. The Labute approximate surface area is 126 Å². The minimum absolute atomic E-state index is 0.196. The first kappa shape index (κ1) is 16.9. The molecule has 1 aromatic rings. The Bertz CT molecular complexity index is 396. The molecule has 1 atom stereocenters. The third-order valence-electron chi connectivity index (χ3n) is 3.21. The van der Waals surface area contributed by atoms with Gasteiger partial charge < -0.3 is 15.5 Å². The van der Waals surface area contributed by atoms with Gasteiger partial charge in [0.05, 0.1) is 0 Å². The normalized spacial score (nSPS) is 12.5. The van der Waals surface area contributed by atoms with Crippen molar-refractivity contribution in [1.29, 1.82) is 0 Å². The van der Waals surface area contributed by atoms with E-state index in [1.165, 1.54) is 0 Å². The molecule has 20 heavy (non-hydrogen) atoms. The van der Waals surface area contributed by atoms with E-state index in [1.54, 1.807) is 7.05 Å². The average Bonchev–Trinajstić information content (AvgIpc) is 2.42. The molecular weight excluding hydrogens is 276 g/mol. The molecular formula is C13H25ClN6. The molecule has 0 saturated carbocycles. The van der Waals surface area contributed by atoms with Crippen molar-refractivity contribution in [3.8, 4) is 0 Å². The van der Waals surface area contributed by atoms with Gasteiger partial charge in [0.15, 0.2) is 0 Å². The van der Waals surface area contributed by atoms with E-state index >= 15 is 0 Å². The van der Waals surface area contributed by atoms with E-state index in [9.17, 15) is 0 Å². The zero-order valence-corrected chi connectivity index (χ0v) is 13.5. The molecule has 0 saturated heterocycles. The van der Waals surface area contributed by atoms with Gasteiger partial charge in [-0.25, -0.2) is 0 Å². The third-order valence-corrected chi connectivity index (χ3v) is 3.38. The van der Waals surface area contributed by atoms with E-state index in [2.05, 4.69) is 51.3 Å². The quantitative estimate of drug-likeness (QED) is 0.730. The highest BCUT2D eigenvalue weighted by atomic mass is 35.5. The van der Waals surface area contributed by atoms with Crippen LogP contribution in [0.25, 0.3) is 0 Å². The number of rotatable bonds is 9. The van der Waals surface area contributed by atoms with Crippen LogP contribution in [0.2, 0.25) is 5.28 Å². The van der Waals surface area contributed by atoms with Crippen molar-refractivity contribution in [1.82, 2.24) is 19.9 Å². The van der Waals surface area contributed by atoms with E-state index < -0.39 is 0 Å². The number of nitrogens with zero attached hydrogens (tertiary/aromatic N) is 4. The van der Waals surface area contributed by atoms with Crippen molar-refractivity contribution in [3.63, 3.8) is 0 Å². The highest BCUT2D eigenvalue weighted by Crippen LogP contribution is 2.11. The molecule has 0 radical (unpaired) electrons. The Morgan fingerprint density at radius 2 is 1.80 bits per heavy atom. The Morgan fingerprint density at radius 3 is 2.40 bits per heavy atom. The van der Waals surface area contributed by atoms with E-state index in [0.29, 0.717) is 17.9 Å². The molecule has 0 aliphatic rings. The number of nitrogens with one attached hydrogen (secondary N) is 2. The highest BCUT2D eigenvalue weighted by molar-refractivity contribution is 6.28. The first-order valence-electron chi connectivity index (χ1n) is 7.17. The van der Waals surface area contributed by atoms with Crippen molar-refractivity contribution in [2.45, 2.75) is 39.7 Å². The van der Waals surface area contributed by atoms with Crippen molar-refractivity contribution in [2.24, 2.45) is 0 Å². The summed E-state index contributed by atoms with van der Waals surface area (Å²) in [6.45, 7) is 9.84. The predicted octanol–water partition coefficient (Wildman–Crippen LogP) is 2.49. The lowest BCUT2D eigenvalue weighted by atomic mass is 10.2. The van der Waals surface area contributed by atoms with Crippen molar-refractivity contribution in [2.75, 3.05) is 37.3 Å². The van der Waals surface area contributed by atoms with Crippen molar-refractivity contribution in [3.05, 3.63) is 5.28 Å². The molecule has 2 N–H and O–H groups in total. The van der Waals surface area contributed by atoms with E-state index in [1.807, 2.05) is 0 Å². The van der Waals surface area contributed by atoms with Gasteiger partial charge in [0.1, 0.15) is 0 Å². The Kier molecular flexibility index (Phi) is 7.54. The summed E-state index contributed by atoms with van der Waals surface area (Å²) in [5, 5.41) is 6.32. The van der Waals surface area contributed by atoms with Gasteiger partial charge in [0, 0.05) is 13.1 Å². The average molecular weight is 301 g/mol. The Hall–Kier alpha value is -1.14. The molecule has 114 valence electrons. The maximum atomic E-state index is 5.85. The summed E-state index contributed by atoms with van der Waals surface area (Å²) in [7, 11) is 1.75. The van der Waals surface area contributed by atoms with Gasteiger partial charge >= 0.3 is 0 Å². The lowest BCUT2D eigenvalue weighted by Gasteiger charge is -2.19. The second kappa shape index (κ2) is 8.92. The monoisotopic (exact) mass is 300 g/mol. The van der Waals surface area contributed by atoms with E-state index in [4.69, 9.17) is 11.6 Å². The van der Waals surface area contributed by atoms with Crippen LogP contribution in [0, 0.1) is 0 Å². The van der Waals surface area contributed by atoms with Gasteiger partial charge in [0.25, 0.3) is 0 Å². The standard InChI is InChI=1S/C13H25ClN6/c1-5-20(6-2)9-7-8-10(3)16-13-18-11(14)17-12(15-4)19-13/h10H,5-9H2,1-4H3,(H2,15,16,17,18,19). The second-order valence-corrected chi connectivity index (χ2v) is 5.05. The molecule has 1 unspecified atom stereocenters. The van der Waals surface area contributed by atoms with Gasteiger partial charge in [-0.3, -0.25) is 0 Å². The van der Waals surface area contributed by atoms with Gasteiger partial charge in [0.2, 0.25) is 17.2 Å². The second-order valence-electron chi connectivity index (χ2n) is 4.72. The van der Waals surface area contributed by atoms with Gasteiger partial charge in [-0.05, 0) is 51.0 Å². The summed E-state index contributed by atoms with van der Waals surface area (Å²) in [5.74, 6) is 0.993. The predicted molar refractivity (Wildman–Crippen MR) is 84.5 cm³/mol. The molecule has 0 fully saturated rings. The SMILES string of the molecule is CCN(CC)CCCC(C)Nc1nc(Cl)nc(NC)n1. The van der Waals surface area contributed by atoms with E-state index in [-0.39, 0.29) is 5.28 Å². The maximum absolute atomic E-state index is 5.85. The molecule has 0 spiro atoms. The summed E-state index contributed by atoms with van der Waals surface area (Å²) in [6.07, 6.45) is 2.21.